The summed E-state index contributed by atoms with van der Waals surface area (Å²) in [6.45, 7) is 5.84. The first-order valence-electron chi connectivity index (χ1n) is 7.02. The number of carbonyl (C=O) groups is 2. The Morgan fingerprint density at radius 1 is 1.15 bits per heavy atom. The molecule has 1 aromatic carbocycles. The molecule has 0 spiro atoms. The molecule has 5 nitrogen and oxygen atoms in total. The smallest absolute Gasteiger partial charge is 0.319 e. The fourth-order valence-electron chi connectivity index (χ4n) is 1.82. The molecular weight excluding hydrogens is 254 g/mol. The van der Waals surface area contributed by atoms with Crippen LogP contribution in [0, 0.1) is 0 Å². The second-order valence-electron chi connectivity index (χ2n) is 4.77. The van der Waals surface area contributed by atoms with E-state index in [0.717, 1.165) is 12.8 Å². The van der Waals surface area contributed by atoms with Crippen molar-refractivity contribution in [3.8, 4) is 0 Å². The maximum atomic E-state index is 11.8. The molecule has 0 saturated heterocycles. The van der Waals surface area contributed by atoms with Crippen molar-refractivity contribution in [2.45, 2.75) is 46.1 Å². The molecule has 0 fully saturated rings. The van der Waals surface area contributed by atoms with Gasteiger partial charge in [0, 0.05) is 23.8 Å². The Kier molecular flexibility index (Phi) is 6.56. The van der Waals surface area contributed by atoms with Crippen LogP contribution in [0.2, 0.25) is 0 Å². The predicted molar refractivity (Wildman–Crippen MR) is 81.9 cm³/mol. The van der Waals surface area contributed by atoms with E-state index in [0.29, 0.717) is 17.8 Å². The van der Waals surface area contributed by atoms with E-state index in [2.05, 4.69) is 22.9 Å². The highest BCUT2D eigenvalue weighted by atomic mass is 16.2. The summed E-state index contributed by atoms with van der Waals surface area (Å²) in [5.74, 6) is -0.0526. The molecule has 0 radical (unpaired) electrons. The molecule has 0 aliphatic heterocycles. The largest absolute Gasteiger partial charge is 0.335 e. The zero-order valence-corrected chi connectivity index (χ0v) is 12.3. The molecule has 1 aromatic rings. The molecule has 0 heterocycles. The second kappa shape index (κ2) is 8.19. The standard InChI is InChI=1S/C15H23N3O2/c1-4-7-11(3)16-15(20)18-13-9-6-8-12(10-13)17-14(19)5-2/h6,8-11H,4-5,7H2,1-3H3,(H,17,19)(H2,16,18,20)/t11-/m0/s1. The van der Waals surface area contributed by atoms with Gasteiger partial charge in [-0.25, -0.2) is 4.79 Å². The highest BCUT2D eigenvalue weighted by Gasteiger charge is 2.07. The summed E-state index contributed by atoms with van der Waals surface area (Å²) in [6.07, 6.45) is 2.40. The number of urea groups is 1. The lowest BCUT2D eigenvalue weighted by molar-refractivity contribution is -0.115. The van der Waals surface area contributed by atoms with Crippen LogP contribution in [0.4, 0.5) is 16.2 Å². The van der Waals surface area contributed by atoms with Crippen molar-refractivity contribution in [3.63, 3.8) is 0 Å². The molecule has 5 heteroatoms. The van der Waals surface area contributed by atoms with E-state index in [9.17, 15) is 9.59 Å². The molecule has 1 atom stereocenters. The lowest BCUT2D eigenvalue weighted by atomic mass is 10.2. The SMILES string of the molecule is CCC[C@H](C)NC(=O)Nc1cccc(NC(=O)CC)c1. The van der Waals surface area contributed by atoms with Crippen LogP contribution in [-0.2, 0) is 4.79 Å². The van der Waals surface area contributed by atoms with E-state index in [4.69, 9.17) is 0 Å². The Morgan fingerprint density at radius 3 is 2.40 bits per heavy atom. The lowest BCUT2D eigenvalue weighted by Gasteiger charge is -2.14. The normalized spacial score (nSPS) is 11.6. The Morgan fingerprint density at radius 2 is 1.80 bits per heavy atom. The van der Waals surface area contributed by atoms with E-state index in [1.165, 1.54) is 0 Å². The van der Waals surface area contributed by atoms with Crippen molar-refractivity contribution >= 4 is 23.3 Å². The molecule has 20 heavy (non-hydrogen) atoms. The van der Waals surface area contributed by atoms with Gasteiger partial charge in [-0.05, 0) is 31.5 Å². The molecule has 0 aliphatic rings. The number of carbonyl (C=O) groups excluding carboxylic acids is 2. The quantitative estimate of drug-likeness (QED) is 0.746. The molecule has 0 unspecified atom stereocenters. The zero-order valence-electron chi connectivity index (χ0n) is 12.3. The molecule has 3 amide bonds. The number of nitrogens with one attached hydrogen (secondary N) is 3. The maximum Gasteiger partial charge on any atom is 0.319 e. The van der Waals surface area contributed by atoms with E-state index < -0.39 is 0 Å². The van der Waals surface area contributed by atoms with Crippen molar-refractivity contribution in [2.24, 2.45) is 0 Å². The van der Waals surface area contributed by atoms with Gasteiger partial charge in [0.25, 0.3) is 0 Å². The molecule has 0 aliphatic carbocycles. The van der Waals surface area contributed by atoms with Gasteiger partial charge in [-0.1, -0.05) is 26.3 Å². The Bertz CT molecular complexity index is 460. The first kappa shape index (κ1) is 16.0. The molecule has 110 valence electrons. The number of benzene rings is 1. The van der Waals surface area contributed by atoms with Gasteiger partial charge in [0.1, 0.15) is 0 Å². The lowest BCUT2D eigenvalue weighted by Crippen LogP contribution is -2.35. The minimum Gasteiger partial charge on any atom is -0.335 e. The van der Waals surface area contributed by atoms with Crippen LogP contribution in [0.3, 0.4) is 0 Å². The van der Waals surface area contributed by atoms with Crippen LogP contribution in [0.5, 0.6) is 0 Å². The summed E-state index contributed by atoms with van der Waals surface area (Å²) in [5, 5.41) is 8.38. The third kappa shape index (κ3) is 5.73. The van der Waals surface area contributed by atoms with Crippen LogP contribution in [-0.4, -0.2) is 18.0 Å². The van der Waals surface area contributed by atoms with Crippen molar-refractivity contribution in [1.29, 1.82) is 0 Å². The second-order valence-corrected chi connectivity index (χ2v) is 4.77. The van der Waals surface area contributed by atoms with Gasteiger partial charge in [0.2, 0.25) is 5.91 Å². The van der Waals surface area contributed by atoms with Crippen LogP contribution < -0.4 is 16.0 Å². The molecular formula is C15H23N3O2. The van der Waals surface area contributed by atoms with Crippen molar-refractivity contribution < 1.29 is 9.59 Å². The molecule has 3 N–H and O–H groups in total. The fourth-order valence-corrected chi connectivity index (χ4v) is 1.82. The summed E-state index contributed by atoms with van der Waals surface area (Å²) in [4.78, 5) is 23.1. The monoisotopic (exact) mass is 277 g/mol. The van der Waals surface area contributed by atoms with Gasteiger partial charge in [-0.15, -0.1) is 0 Å². The Balaban J connectivity index is 2.57. The first-order chi connectivity index (χ1) is 9.55. The van der Waals surface area contributed by atoms with Crippen molar-refractivity contribution in [1.82, 2.24) is 5.32 Å². The minimum atomic E-state index is -0.232. The minimum absolute atomic E-state index is 0.0526. The van der Waals surface area contributed by atoms with E-state index in [-0.39, 0.29) is 18.0 Å². The average molecular weight is 277 g/mol. The van der Waals surface area contributed by atoms with Crippen LogP contribution in [0.1, 0.15) is 40.0 Å². The number of amides is 3. The zero-order chi connectivity index (χ0) is 15.0. The number of hydrogen-bond donors (Lipinski definition) is 3. The summed E-state index contributed by atoms with van der Waals surface area (Å²) in [6, 6.07) is 7.00. The summed E-state index contributed by atoms with van der Waals surface area (Å²) in [5.41, 5.74) is 1.33. The predicted octanol–water partition coefficient (Wildman–Crippen LogP) is 3.35. The number of hydrogen-bond acceptors (Lipinski definition) is 2. The van der Waals surface area contributed by atoms with Gasteiger partial charge in [-0.2, -0.15) is 0 Å². The van der Waals surface area contributed by atoms with Gasteiger partial charge in [-0.3, -0.25) is 4.79 Å². The van der Waals surface area contributed by atoms with E-state index in [1.54, 1.807) is 31.2 Å². The van der Waals surface area contributed by atoms with Crippen LogP contribution in [0.25, 0.3) is 0 Å². The summed E-state index contributed by atoms with van der Waals surface area (Å²) < 4.78 is 0. The molecule has 1 rings (SSSR count). The van der Waals surface area contributed by atoms with Gasteiger partial charge >= 0.3 is 6.03 Å². The first-order valence-corrected chi connectivity index (χ1v) is 7.02. The fraction of sp³-hybridized carbons (Fsp3) is 0.467. The number of rotatable bonds is 6. The topological polar surface area (TPSA) is 70.2 Å². The van der Waals surface area contributed by atoms with Gasteiger partial charge in [0.05, 0.1) is 0 Å². The highest BCUT2D eigenvalue weighted by Crippen LogP contribution is 2.15. The van der Waals surface area contributed by atoms with Crippen molar-refractivity contribution in [2.75, 3.05) is 10.6 Å². The number of anilines is 2. The molecule has 0 bridgehead atoms. The van der Waals surface area contributed by atoms with Crippen molar-refractivity contribution in [3.05, 3.63) is 24.3 Å². The highest BCUT2D eigenvalue weighted by molar-refractivity contribution is 5.93. The van der Waals surface area contributed by atoms with Gasteiger partial charge in [0.15, 0.2) is 0 Å². The average Bonchev–Trinajstić information content (AvgIpc) is 2.38. The van der Waals surface area contributed by atoms with Crippen LogP contribution in [0.15, 0.2) is 24.3 Å². The summed E-state index contributed by atoms with van der Waals surface area (Å²) in [7, 11) is 0. The van der Waals surface area contributed by atoms with Crippen LogP contribution >= 0.6 is 0 Å². The Hall–Kier alpha value is -2.04. The third-order valence-electron chi connectivity index (χ3n) is 2.82. The van der Waals surface area contributed by atoms with Gasteiger partial charge < -0.3 is 16.0 Å². The summed E-state index contributed by atoms with van der Waals surface area (Å²) >= 11 is 0. The van der Waals surface area contributed by atoms with E-state index >= 15 is 0 Å². The third-order valence-corrected chi connectivity index (χ3v) is 2.82. The molecule has 0 aromatic heterocycles. The maximum absolute atomic E-state index is 11.8. The molecule has 0 saturated carbocycles. The van der Waals surface area contributed by atoms with E-state index in [1.807, 2.05) is 6.92 Å². The Labute approximate surface area is 120 Å².